The lowest BCUT2D eigenvalue weighted by atomic mass is 9.82. The van der Waals surface area contributed by atoms with Crippen LogP contribution in [0, 0.1) is 11.3 Å². The number of nitrogens with one attached hydrogen (secondary N) is 1. The topological polar surface area (TPSA) is 112 Å². The molecule has 0 unspecified atom stereocenters. The molecule has 0 atom stereocenters. The largest absolute Gasteiger partial charge is 0.474 e. The van der Waals surface area contributed by atoms with Gasteiger partial charge in [-0.2, -0.15) is 23.5 Å². The molecule has 1 aliphatic carbocycles. The summed E-state index contributed by atoms with van der Waals surface area (Å²) in [4.78, 5) is 20.2. The summed E-state index contributed by atoms with van der Waals surface area (Å²) in [6.45, 7) is 3.68. The maximum Gasteiger partial charge on any atom is 0.433 e. The molecule has 2 saturated heterocycles. The fraction of sp³-hybridized carbons (Fsp3) is 0.516. The second kappa shape index (κ2) is 11.5. The molecule has 4 aromatic heterocycles. The normalized spacial score (nSPS) is 22.6. The van der Waals surface area contributed by atoms with Crippen molar-refractivity contribution in [2.75, 3.05) is 26.2 Å². The van der Waals surface area contributed by atoms with Gasteiger partial charge in [-0.05, 0) is 69.3 Å². The van der Waals surface area contributed by atoms with Crippen LogP contribution >= 0.6 is 0 Å². The summed E-state index contributed by atoms with van der Waals surface area (Å²) in [5, 5.41) is 15.2. The van der Waals surface area contributed by atoms with Crippen LogP contribution in [0.4, 0.5) is 13.2 Å². The van der Waals surface area contributed by atoms with Crippen LogP contribution in [-0.2, 0) is 18.3 Å². The van der Waals surface area contributed by atoms with E-state index in [2.05, 4.69) is 40.9 Å². The van der Waals surface area contributed by atoms with Crippen LogP contribution in [0.25, 0.3) is 22.3 Å². The maximum atomic E-state index is 13.6. The van der Waals surface area contributed by atoms with Gasteiger partial charge in [0.25, 0.3) is 0 Å². The molecule has 1 saturated carbocycles. The Morgan fingerprint density at radius 1 is 1.09 bits per heavy atom. The van der Waals surface area contributed by atoms with E-state index in [1.54, 1.807) is 12.3 Å². The van der Waals surface area contributed by atoms with Gasteiger partial charge >= 0.3 is 6.18 Å². The minimum absolute atomic E-state index is 0.0598. The molecule has 0 spiro atoms. The van der Waals surface area contributed by atoms with Crippen molar-refractivity contribution in [3.63, 3.8) is 0 Å². The van der Waals surface area contributed by atoms with E-state index in [1.165, 1.54) is 6.33 Å². The number of H-pyrrole nitrogens is 1. The van der Waals surface area contributed by atoms with E-state index in [4.69, 9.17) is 4.74 Å². The molecular weight excluding hydrogens is 571 g/mol. The van der Waals surface area contributed by atoms with Crippen molar-refractivity contribution in [1.29, 1.82) is 5.26 Å². The summed E-state index contributed by atoms with van der Waals surface area (Å²) in [6, 6.07) is 7.43. The molecule has 3 aliphatic rings. The highest BCUT2D eigenvalue weighted by atomic mass is 19.4. The smallest absolute Gasteiger partial charge is 0.433 e. The summed E-state index contributed by atoms with van der Waals surface area (Å²) in [5.41, 5.74) is 1.70. The Morgan fingerprint density at radius 3 is 2.64 bits per heavy atom. The van der Waals surface area contributed by atoms with Gasteiger partial charge in [0.15, 0.2) is 0 Å². The highest BCUT2D eigenvalue weighted by Gasteiger charge is 2.48. The molecule has 1 N–H and O–H groups in total. The van der Waals surface area contributed by atoms with E-state index in [0.717, 1.165) is 80.0 Å². The summed E-state index contributed by atoms with van der Waals surface area (Å²) in [7, 11) is 0. The van der Waals surface area contributed by atoms with Gasteiger partial charge < -0.3 is 9.72 Å². The van der Waals surface area contributed by atoms with E-state index in [0.29, 0.717) is 37.7 Å². The lowest BCUT2D eigenvalue weighted by molar-refractivity contribution is -0.141. The fourth-order valence-electron chi connectivity index (χ4n) is 7.01. The monoisotopic (exact) mass is 605 g/mol. The number of hydrogen-bond donors (Lipinski definition) is 1. The molecule has 230 valence electrons. The molecule has 0 radical (unpaired) electrons. The lowest BCUT2D eigenvalue weighted by Crippen LogP contribution is -2.65. The molecule has 10 nitrogen and oxygen atoms in total. The number of alkyl halides is 3. The van der Waals surface area contributed by atoms with Crippen molar-refractivity contribution in [1.82, 2.24) is 39.5 Å². The van der Waals surface area contributed by atoms with Crippen LogP contribution in [0.3, 0.4) is 0 Å². The van der Waals surface area contributed by atoms with Gasteiger partial charge in [-0.25, -0.2) is 15.0 Å². The molecule has 0 amide bonds. The number of nitriles is 1. The van der Waals surface area contributed by atoms with E-state index >= 15 is 0 Å². The van der Waals surface area contributed by atoms with Gasteiger partial charge in [0.1, 0.15) is 29.3 Å². The standard InChI is InChI=1S/C31H34F3N9O/c32-31(33,34)26-13-21(16-41-11-1-2-12-41)14-27(40-26)44-24-5-3-23(4-6-24)42-18-30(19-42,8-9-35)43-17-22(15-39-43)28-25-7-10-36-29(25)38-20-37-28/h7,10,13-15,17,20,23-24H,1-6,8,11-12,16,18-19H2,(H,36,37,38)/t23-,24+. The van der Waals surface area contributed by atoms with Gasteiger partial charge in [0.05, 0.1) is 24.4 Å². The summed E-state index contributed by atoms with van der Waals surface area (Å²) >= 11 is 0. The molecule has 3 fully saturated rings. The summed E-state index contributed by atoms with van der Waals surface area (Å²) < 4.78 is 48.9. The molecule has 13 heteroatoms. The van der Waals surface area contributed by atoms with Crippen LogP contribution < -0.4 is 4.74 Å². The molecule has 2 aliphatic heterocycles. The number of likely N-dealkylation sites (tertiary alicyclic amines) is 2. The number of nitrogens with zero attached hydrogens (tertiary/aromatic N) is 8. The average molecular weight is 606 g/mol. The van der Waals surface area contributed by atoms with Gasteiger partial charge in [-0.3, -0.25) is 14.5 Å². The Hall–Kier alpha value is -4.02. The number of pyridine rings is 1. The van der Waals surface area contributed by atoms with Gasteiger partial charge in [-0.15, -0.1) is 0 Å². The first-order chi connectivity index (χ1) is 21.3. The van der Waals surface area contributed by atoms with Crippen LogP contribution in [0.1, 0.15) is 56.2 Å². The van der Waals surface area contributed by atoms with Crippen molar-refractivity contribution in [2.45, 2.75) is 75.4 Å². The van der Waals surface area contributed by atoms with E-state index in [1.807, 2.05) is 23.1 Å². The molecule has 4 aromatic rings. The zero-order valence-corrected chi connectivity index (χ0v) is 24.3. The third-order valence-corrected chi connectivity index (χ3v) is 9.30. The second-order valence-electron chi connectivity index (χ2n) is 12.3. The minimum Gasteiger partial charge on any atom is -0.474 e. The number of hydrogen-bond acceptors (Lipinski definition) is 8. The predicted octanol–water partition coefficient (Wildman–Crippen LogP) is 5.15. The Morgan fingerprint density at radius 2 is 1.89 bits per heavy atom. The minimum atomic E-state index is -4.53. The Balaban J connectivity index is 0.984. The highest BCUT2D eigenvalue weighted by molar-refractivity contribution is 5.90. The number of halogens is 3. The average Bonchev–Trinajstić information content (AvgIpc) is 3.77. The van der Waals surface area contributed by atoms with Crippen molar-refractivity contribution >= 4 is 11.0 Å². The van der Waals surface area contributed by atoms with Gasteiger partial charge in [0, 0.05) is 55.1 Å². The third-order valence-electron chi connectivity index (χ3n) is 9.30. The molecule has 7 rings (SSSR count). The first kappa shape index (κ1) is 28.7. The third kappa shape index (κ3) is 5.64. The zero-order valence-electron chi connectivity index (χ0n) is 24.3. The Bertz CT molecular complexity index is 1660. The lowest BCUT2D eigenvalue weighted by Gasteiger charge is -2.53. The van der Waals surface area contributed by atoms with Gasteiger partial charge in [-0.1, -0.05) is 0 Å². The summed E-state index contributed by atoms with van der Waals surface area (Å²) in [6.07, 6.45) is 8.09. The number of aromatic nitrogens is 6. The fourth-order valence-corrected chi connectivity index (χ4v) is 7.01. The first-order valence-corrected chi connectivity index (χ1v) is 15.2. The van der Waals surface area contributed by atoms with Crippen molar-refractivity contribution in [3.05, 3.63) is 54.4 Å². The maximum absolute atomic E-state index is 13.6. The van der Waals surface area contributed by atoms with E-state index in [9.17, 15) is 18.4 Å². The van der Waals surface area contributed by atoms with Crippen LogP contribution in [-0.4, -0.2) is 77.8 Å². The Labute approximate surface area is 252 Å². The highest BCUT2D eigenvalue weighted by Crippen LogP contribution is 2.39. The van der Waals surface area contributed by atoms with Crippen molar-refractivity contribution in [3.8, 4) is 23.2 Å². The zero-order chi connectivity index (χ0) is 30.3. The van der Waals surface area contributed by atoms with E-state index < -0.39 is 17.4 Å². The van der Waals surface area contributed by atoms with Crippen LogP contribution in [0.5, 0.6) is 5.88 Å². The number of fused-ring (bicyclic) bond motifs is 1. The molecular formula is C31H34F3N9O. The van der Waals surface area contributed by atoms with Crippen LogP contribution in [0.15, 0.2) is 43.1 Å². The number of aromatic amines is 1. The SMILES string of the molecule is N#CCC1(n2cc(-c3ncnc4[nH]ccc34)cn2)CN([C@H]2CC[C@@H](Oc3cc(CN4CCCC4)cc(C(F)(F)F)n3)CC2)C1. The molecule has 6 heterocycles. The second-order valence-corrected chi connectivity index (χ2v) is 12.3. The number of rotatable bonds is 8. The van der Waals surface area contributed by atoms with Crippen LogP contribution in [0.2, 0.25) is 0 Å². The predicted molar refractivity (Wildman–Crippen MR) is 155 cm³/mol. The Kier molecular flexibility index (Phi) is 7.50. The summed E-state index contributed by atoms with van der Waals surface area (Å²) in [5.74, 6) is 0.0598. The first-order valence-electron chi connectivity index (χ1n) is 15.2. The molecule has 0 aromatic carbocycles. The van der Waals surface area contributed by atoms with Gasteiger partial charge in [0.2, 0.25) is 5.88 Å². The number of ether oxygens (including phenoxy) is 1. The van der Waals surface area contributed by atoms with Crippen molar-refractivity contribution < 1.29 is 17.9 Å². The van der Waals surface area contributed by atoms with E-state index in [-0.39, 0.29) is 12.0 Å². The molecule has 44 heavy (non-hydrogen) atoms. The quantitative estimate of drug-likeness (QED) is 0.294. The van der Waals surface area contributed by atoms with Crippen molar-refractivity contribution in [2.24, 2.45) is 0 Å². The molecule has 0 bridgehead atoms.